The molecule has 3 N–H and O–H groups in total. The standard InChI is InChI=1S/C13H16BrN3O2S2/c1-16-21(18,19)13-6-10(15)3-4-12(13)17(2)7-11-5-9(14)8-20-11/h3-6,8,16H,7,15H2,1-2H3. The van der Waals surface area contributed by atoms with Gasteiger partial charge >= 0.3 is 0 Å². The average molecular weight is 390 g/mol. The molecular formula is C13H16BrN3O2S2. The fraction of sp³-hybridized carbons (Fsp3) is 0.231. The fourth-order valence-corrected chi connectivity index (χ4v) is 4.44. The molecule has 2 aromatic rings. The van der Waals surface area contributed by atoms with Crippen LogP contribution in [-0.2, 0) is 16.6 Å². The second-order valence-corrected chi connectivity index (χ2v) is 8.29. The maximum absolute atomic E-state index is 12.1. The Balaban J connectivity index is 2.39. The third-order valence-corrected chi connectivity index (χ3v) is 6.09. The number of anilines is 2. The molecule has 5 nitrogen and oxygen atoms in total. The number of halogens is 1. The summed E-state index contributed by atoms with van der Waals surface area (Å²) in [6, 6.07) is 6.92. The van der Waals surface area contributed by atoms with Gasteiger partial charge in [0.2, 0.25) is 10.0 Å². The minimum Gasteiger partial charge on any atom is -0.399 e. The van der Waals surface area contributed by atoms with Crippen LogP contribution >= 0.6 is 27.3 Å². The Morgan fingerprint density at radius 3 is 2.67 bits per heavy atom. The van der Waals surface area contributed by atoms with E-state index < -0.39 is 10.0 Å². The van der Waals surface area contributed by atoms with Crippen LogP contribution in [0.1, 0.15) is 4.88 Å². The highest BCUT2D eigenvalue weighted by molar-refractivity contribution is 9.10. The zero-order valence-corrected chi connectivity index (χ0v) is 14.8. The van der Waals surface area contributed by atoms with Gasteiger partial charge in [-0.1, -0.05) is 0 Å². The summed E-state index contributed by atoms with van der Waals surface area (Å²) in [7, 11) is -0.318. The Kier molecular flexibility index (Phi) is 4.92. The number of nitrogen functional groups attached to an aromatic ring is 1. The number of hydrogen-bond donors (Lipinski definition) is 2. The smallest absolute Gasteiger partial charge is 0.242 e. The van der Waals surface area contributed by atoms with Crippen molar-refractivity contribution < 1.29 is 8.42 Å². The normalized spacial score (nSPS) is 11.6. The second kappa shape index (κ2) is 6.35. The van der Waals surface area contributed by atoms with Crippen molar-refractivity contribution in [3.63, 3.8) is 0 Å². The predicted octanol–water partition coefficient (Wildman–Crippen LogP) is 2.64. The van der Waals surface area contributed by atoms with Gasteiger partial charge in [-0.3, -0.25) is 0 Å². The van der Waals surface area contributed by atoms with E-state index >= 15 is 0 Å². The van der Waals surface area contributed by atoms with Crippen molar-refractivity contribution in [3.8, 4) is 0 Å². The number of rotatable bonds is 5. The third kappa shape index (κ3) is 3.76. The average Bonchev–Trinajstić information content (AvgIpc) is 2.83. The topological polar surface area (TPSA) is 75.4 Å². The summed E-state index contributed by atoms with van der Waals surface area (Å²) in [6.07, 6.45) is 0. The lowest BCUT2D eigenvalue weighted by atomic mass is 10.2. The zero-order valence-electron chi connectivity index (χ0n) is 11.6. The first-order valence-corrected chi connectivity index (χ1v) is 9.26. The number of sulfonamides is 1. The molecule has 0 bridgehead atoms. The third-order valence-electron chi connectivity index (χ3n) is 2.97. The van der Waals surface area contributed by atoms with Gasteiger partial charge < -0.3 is 10.6 Å². The number of nitrogens with one attached hydrogen (secondary N) is 1. The summed E-state index contributed by atoms with van der Waals surface area (Å²) in [5, 5.41) is 2.00. The second-order valence-electron chi connectivity index (χ2n) is 4.52. The highest BCUT2D eigenvalue weighted by Crippen LogP contribution is 2.29. The van der Waals surface area contributed by atoms with Crippen molar-refractivity contribution in [1.82, 2.24) is 4.72 Å². The van der Waals surface area contributed by atoms with Gasteiger partial charge in [-0.2, -0.15) is 0 Å². The quantitative estimate of drug-likeness (QED) is 0.770. The maximum atomic E-state index is 12.1. The highest BCUT2D eigenvalue weighted by atomic mass is 79.9. The summed E-state index contributed by atoms with van der Waals surface area (Å²) in [6.45, 7) is 0.617. The first-order valence-electron chi connectivity index (χ1n) is 6.10. The van der Waals surface area contributed by atoms with Gasteiger partial charge in [-0.15, -0.1) is 11.3 Å². The van der Waals surface area contributed by atoms with Gasteiger partial charge in [0.15, 0.2) is 0 Å². The molecule has 0 fully saturated rings. The van der Waals surface area contributed by atoms with Crippen LogP contribution in [0.15, 0.2) is 39.0 Å². The monoisotopic (exact) mass is 389 g/mol. The van der Waals surface area contributed by atoms with E-state index in [9.17, 15) is 8.42 Å². The van der Waals surface area contributed by atoms with Crippen LogP contribution in [0.2, 0.25) is 0 Å². The van der Waals surface area contributed by atoms with Crippen LogP contribution in [0.4, 0.5) is 11.4 Å². The number of nitrogens with two attached hydrogens (primary N) is 1. The summed E-state index contributed by atoms with van der Waals surface area (Å²) >= 11 is 5.03. The van der Waals surface area contributed by atoms with Crippen molar-refractivity contribution in [3.05, 3.63) is 39.0 Å². The van der Waals surface area contributed by atoms with Crippen molar-refractivity contribution in [1.29, 1.82) is 0 Å². The lowest BCUT2D eigenvalue weighted by Gasteiger charge is -2.22. The van der Waals surface area contributed by atoms with Gasteiger partial charge in [-0.05, 0) is 47.2 Å². The molecule has 0 aliphatic carbocycles. The summed E-state index contributed by atoms with van der Waals surface area (Å²) < 4.78 is 27.6. The SMILES string of the molecule is CNS(=O)(=O)c1cc(N)ccc1N(C)Cc1cc(Br)cs1. The van der Waals surface area contributed by atoms with E-state index in [1.165, 1.54) is 13.1 Å². The summed E-state index contributed by atoms with van der Waals surface area (Å²) in [4.78, 5) is 3.21. The molecule has 0 saturated carbocycles. The van der Waals surface area contributed by atoms with E-state index in [-0.39, 0.29) is 4.90 Å². The predicted molar refractivity (Wildman–Crippen MR) is 91.2 cm³/mol. The molecule has 0 spiro atoms. The molecule has 0 radical (unpaired) electrons. The minimum absolute atomic E-state index is 0.183. The zero-order chi connectivity index (χ0) is 15.6. The van der Waals surface area contributed by atoms with E-state index in [0.717, 1.165) is 9.35 Å². The number of benzene rings is 1. The molecule has 21 heavy (non-hydrogen) atoms. The molecule has 2 rings (SSSR count). The van der Waals surface area contributed by atoms with Crippen molar-refractivity contribution in [2.75, 3.05) is 24.7 Å². The molecule has 0 aliphatic heterocycles. The Labute approximate surface area is 137 Å². The molecule has 1 aromatic carbocycles. The van der Waals surface area contributed by atoms with Crippen LogP contribution in [0, 0.1) is 0 Å². The lowest BCUT2D eigenvalue weighted by molar-refractivity contribution is 0.588. The van der Waals surface area contributed by atoms with Crippen molar-refractivity contribution >= 4 is 48.7 Å². The van der Waals surface area contributed by atoms with E-state index in [1.54, 1.807) is 23.5 Å². The van der Waals surface area contributed by atoms with E-state index in [2.05, 4.69) is 20.7 Å². The molecule has 0 unspecified atom stereocenters. The summed E-state index contributed by atoms with van der Waals surface area (Å²) in [5.74, 6) is 0. The highest BCUT2D eigenvalue weighted by Gasteiger charge is 2.19. The molecule has 1 heterocycles. The molecule has 0 saturated heterocycles. The number of nitrogens with zero attached hydrogens (tertiary/aromatic N) is 1. The molecular weight excluding hydrogens is 374 g/mol. The van der Waals surface area contributed by atoms with E-state index in [1.807, 2.05) is 23.4 Å². The molecule has 8 heteroatoms. The largest absolute Gasteiger partial charge is 0.399 e. The maximum Gasteiger partial charge on any atom is 0.242 e. The van der Waals surface area contributed by atoms with Gasteiger partial charge in [-0.25, -0.2) is 13.1 Å². The molecule has 0 amide bonds. The van der Waals surface area contributed by atoms with Gasteiger partial charge in [0.05, 0.1) is 12.2 Å². The van der Waals surface area contributed by atoms with E-state index in [4.69, 9.17) is 5.73 Å². The van der Waals surface area contributed by atoms with Crippen LogP contribution in [0.3, 0.4) is 0 Å². The minimum atomic E-state index is -3.56. The Morgan fingerprint density at radius 2 is 2.10 bits per heavy atom. The Hall–Kier alpha value is -1.09. The number of thiophene rings is 1. The van der Waals surface area contributed by atoms with Crippen molar-refractivity contribution in [2.45, 2.75) is 11.4 Å². The molecule has 114 valence electrons. The molecule has 0 aliphatic rings. The van der Waals surface area contributed by atoms with Crippen molar-refractivity contribution in [2.24, 2.45) is 0 Å². The van der Waals surface area contributed by atoms with Crippen LogP contribution in [-0.4, -0.2) is 22.5 Å². The van der Waals surface area contributed by atoms with Crippen LogP contribution in [0.25, 0.3) is 0 Å². The lowest BCUT2D eigenvalue weighted by Crippen LogP contribution is -2.24. The summed E-state index contributed by atoms with van der Waals surface area (Å²) in [5.41, 5.74) is 6.75. The Bertz CT molecular complexity index is 744. The van der Waals surface area contributed by atoms with Crippen LogP contribution < -0.4 is 15.4 Å². The number of hydrogen-bond acceptors (Lipinski definition) is 5. The molecule has 0 atom stereocenters. The first kappa shape index (κ1) is 16.3. The Morgan fingerprint density at radius 1 is 1.38 bits per heavy atom. The molecule has 1 aromatic heterocycles. The first-order chi connectivity index (χ1) is 9.83. The van der Waals surface area contributed by atoms with Gasteiger partial charge in [0.25, 0.3) is 0 Å². The van der Waals surface area contributed by atoms with E-state index in [0.29, 0.717) is 17.9 Å². The van der Waals surface area contributed by atoms with Gasteiger partial charge in [0.1, 0.15) is 4.90 Å². The fourth-order valence-electron chi connectivity index (χ4n) is 1.93. The van der Waals surface area contributed by atoms with Gasteiger partial charge in [0, 0.05) is 27.5 Å². The van der Waals surface area contributed by atoms with Crippen LogP contribution in [0.5, 0.6) is 0 Å².